The lowest BCUT2D eigenvalue weighted by molar-refractivity contribution is -0.137. The largest absolute Gasteiger partial charge is 0.497 e. The van der Waals surface area contributed by atoms with Crippen LogP contribution in [0.15, 0.2) is 54.6 Å². The maximum absolute atomic E-state index is 18.0. The van der Waals surface area contributed by atoms with Crippen LogP contribution in [0.5, 0.6) is 23.4 Å². The number of fused-ring (bicyclic) bond motifs is 5. The summed E-state index contributed by atoms with van der Waals surface area (Å²) in [4.78, 5) is 35.4. The number of hydrogen-bond donors (Lipinski definition) is 0. The molecule has 368 valence electrons. The first-order chi connectivity index (χ1) is 32.7. The van der Waals surface area contributed by atoms with Gasteiger partial charge in [-0.2, -0.15) is 23.1 Å². The van der Waals surface area contributed by atoms with Gasteiger partial charge in [-0.15, -0.1) is 0 Å². The Balaban J connectivity index is 1.23. The number of anilines is 2. The third-order valence-corrected chi connectivity index (χ3v) is 14.0. The van der Waals surface area contributed by atoms with E-state index in [-0.39, 0.29) is 78.5 Å². The molecule has 18 heteroatoms. The number of piperazine rings is 1. The van der Waals surface area contributed by atoms with Crippen LogP contribution in [0, 0.1) is 24.5 Å². The van der Waals surface area contributed by atoms with Crippen LogP contribution in [0.2, 0.25) is 0 Å². The number of amides is 1. The highest BCUT2D eigenvalue weighted by Gasteiger charge is 2.54. The zero-order valence-corrected chi connectivity index (χ0v) is 40.3. The van der Waals surface area contributed by atoms with Gasteiger partial charge in [0.25, 0.3) is 0 Å². The lowest BCUT2D eigenvalue weighted by Gasteiger charge is -2.48. The Hall–Kier alpha value is -6.17. The molecule has 0 aliphatic carbocycles. The Kier molecular flexibility index (Phi) is 12.7. The highest BCUT2D eigenvalue weighted by molar-refractivity contribution is 5.98. The normalized spacial score (nSPS) is 22.3. The maximum atomic E-state index is 18.0. The Bertz CT molecular complexity index is 2680. The molecular weight excluding hydrogens is 902 g/mol. The SMILES string of the molecule is COc1ccc(CN(Cc2ccc(OC)cc2)c2cc(-c3nc4c5c(nc(OC[C@H]6[C@@H](C)CCN6C)nc5c3F)N3CC5CCC([C@H]3[C@H](C)O4)N5C(=O)OC(C)(C)C)c(C(F)(F)F)c(C)c2F)cc1. The quantitative estimate of drug-likeness (QED) is 0.117. The summed E-state index contributed by atoms with van der Waals surface area (Å²) in [6.07, 6.45) is -4.20. The van der Waals surface area contributed by atoms with E-state index in [1.165, 1.54) is 14.2 Å². The van der Waals surface area contributed by atoms with Crippen molar-refractivity contribution in [1.82, 2.24) is 24.8 Å². The molecule has 4 aliphatic rings. The maximum Gasteiger partial charge on any atom is 0.417 e. The molecule has 2 aromatic heterocycles. The molecule has 2 unspecified atom stereocenters. The molecular formula is C51H58F5N7O6. The first kappa shape index (κ1) is 47.9. The van der Waals surface area contributed by atoms with Crippen LogP contribution in [-0.4, -0.2) is 108 Å². The summed E-state index contributed by atoms with van der Waals surface area (Å²) in [7, 11) is 5.05. The molecule has 69 heavy (non-hydrogen) atoms. The third-order valence-electron chi connectivity index (χ3n) is 14.0. The number of rotatable bonds is 11. The van der Waals surface area contributed by atoms with E-state index in [2.05, 4.69) is 21.8 Å². The molecule has 0 radical (unpaired) electrons. The van der Waals surface area contributed by atoms with E-state index in [0.29, 0.717) is 35.5 Å². The van der Waals surface area contributed by atoms with Gasteiger partial charge in [0, 0.05) is 31.2 Å². The number of benzene rings is 3. The summed E-state index contributed by atoms with van der Waals surface area (Å²) in [5.41, 5.74) is -3.56. The minimum Gasteiger partial charge on any atom is -0.497 e. The van der Waals surface area contributed by atoms with Crippen molar-refractivity contribution < 1.29 is 50.4 Å². The molecule has 3 saturated heterocycles. The Morgan fingerprint density at radius 2 is 1.52 bits per heavy atom. The number of likely N-dealkylation sites (tertiary alicyclic amines) is 1. The third kappa shape index (κ3) is 9.11. The molecule has 9 rings (SSSR count). The van der Waals surface area contributed by atoms with Gasteiger partial charge in [-0.25, -0.2) is 18.6 Å². The molecule has 0 spiro atoms. The number of carbonyl (C=O) groups excluding carboxylic acids is 1. The molecule has 3 fully saturated rings. The predicted molar refractivity (Wildman–Crippen MR) is 250 cm³/mol. The molecule has 0 saturated carbocycles. The monoisotopic (exact) mass is 959 g/mol. The highest BCUT2D eigenvalue weighted by Crippen LogP contribution is 2.49. The fourth-order valence-corrected chi connectivity index (χ4v) is 10.6. The van der Waals surface area contributed by atoms with Gasteiger partial charge in [0.2, 0.25) is 5.88 Å². The Morgan fingerprint density at radius 3 is 2.09 bits per heavy atom. The average Bonchev–Trinajstić information content (AvgIpc) is 3.76. The molecule has 5 aromatic rings. The lowest BCUT2D eigenvalue weighted by atomic mass is 9.95. The number of pyridine rings is 1. The topological polar surface area (TPSA) is 115 Å². The van der Waals surface area contributed by atoms with Crippen molar-refractivity contribution in [3.63, 3.8) is 0 Å². The lowest BCUT2D eigenvalue weighted by Crippen LogP contribution is -2.65. The summed E-state index contributed by atoms with van der Waals surface area (Å²) in [5, 5.41) is 0.0441. The molecule has 2 bridgehead atoms. The summed E-state index contributed by atoms with van der Waals surface area (Å²) < 4.78 is 111. The summed E-state index contributed by atoms with van der Waals surface area (Å²) in [6.45, 7) is 11.7. The van der Waals surface area contributed by atoms with Gasteiger partial charge in [-0.1, -0.05) is 31.2 Å². The number of alkyl halides is 3. The van der Waals surface area contributed by atoms with Crippen LogP contribution in [0.3, 0.4) is 0 Å². The molecule has 1 amide bonds. The summed E-state index contributed by atoms with van der Waals surface area (Å²) >= 11 is 0. The Labute approximate surface area is 398 Å². The van der Waals surface area contributed by atoms with Crippen molar-refractivity contribution in [1.29, 1.82) is 0 Å². The van der Waals surface area contributed by atoms with E-state index in [1.807, 2.05) is 11.9 Å². The van der Waals surface area contributed by atoms with Gasteiger partial charge in [0.1, 0.15) is 58.0 Å². The zero-order chi connectivity index (χ0) is 49.3. The minimum atomic E-state index is -5.17. The number of hydrogen-bond acceptors (Lipinski definition) is 12. The average molecular weight is 960 g/mol. The van der Waals surface area contributed by atoms with Crippen LogP contribution in [-0.2, 0) is 24.0 Å². The number of halogens is 5. The van der Waals surface area contributed by atoms with Crippen molar-refractivity contribution in [2.75, 3.05) is 50.8 Å². The van der Waals surface area contributed by atoms with E-state index < -0.39 is 70.1 Å². The highest BCUT2D eigenvalue weighted by atomic mass is 19.4. The number of ether oxygens (including phenoxy) is 5. The number of nitrogens with zero attached hydrogens (tertiary/aromatic N) is 7. The van der Waals surface area contributed by atoms with Gasteiger partial charge in [-0.3, -0.25) is 9.80 Å². The van der Waals surface area contributed by atoms with Crippen LogP contribution < -0.4 is 28.7 Å². The van der Waals surface area contributed by atoms with E-state index in [9.17, 15) is 4.79 Å². The van der Waals surface area contributed by atoms with Crippen molar-refractivity contribution in [3.8, 4) is 34.6 Å². The van der Waals surface area contributed by atoms with Crippen LogP contribution >= 0.6 is 0 Å². The molecule has 6 heterocycles. The molecule has 3 aromatic carbocycles. The van der Waals surface area contributed by atoms with Crippen LogP contribution in [0.4, 0.5) is 38.3 Å². The van der Waals surface area contributed by atoms with E-state index >= 15 is 22.0 Å². The van der Waals surface area contributed by atoms with Crippen LogP contribution in [0.25, 0.3) is 22.2 Å². The van der Waals surface area contributed by atoms with Crippen molar-refractivity contribution >= 4 is 28.5 Å². The second kappa shape index (κ2) is 18.3. The number of likely N-dealkylation sites (N-methyl/N-ethyl adjacent to an activating group) is 1. The van der Waals surface area contributed by atoms with E-state index in [4.69, 9.17) is 28.7 Å². The standard InChI is InChI=1S/C51H58F5N7O6/c1-27-20-21-60(7)38(27)26-67-48-58-44-39-46(59-48)62-25-32-14-19-36(63(32)49(64)69-50(4,5)6)45(62)29(3)68-47(39)57-43(42(44)53)35-22-37(41(52)28(2)40(35)51(54,55)56)61(23-30-10-15-33(65-8)16-11-30)24-31-12-17-34(66-9)18-13-31/h10-13,15-18,22,27,29,32,36,38,45H,14,19-21,23-26H2,1-9H3/t27-,29-,32?,36?,38-,45+/m0/s1. The molecule has 13 nitrogen and oxygen atoms in total. The van der Waals surface area contributed by atoms with E-state index in [1.54, 1.807) is 86.0 Å². The van der Waals surface area contributed by atoms with Gasteiger partial charge >= 0.3 is 18.3 Å². The van der Waals surface area contributed by atoms with Crippen molar-refractivity contribution in [3.05, 3.63) is 88.5 Å². The van der Waals surface area contributed by atoms with Gasteiger partial charge < -0.3 is 33.5 Å². The Morgan fingerprint density at radius 1 is 0.884 bits per heavy atom. The summed E-state index contributed by atoms with van der Waals surface area (Å²) in [6, 6.07) is 13.6. The molecule has 4 aliphatic heterocycles. The first-order valence-electron chi connectivity index (χ1n) is 23.3. The van der Waals surface area contributed by atoms with Gasteiger partial charge in [0.15, 0.2) is 5.82 Å². The molecule has 6 atom stereocenters. The second-order valence-electron chi connectivity index (χ2n) is 19.7. The van der Waals surface area contributed by atoms with Gasteiger partial charge in [-0.05, 0) is 120 Å². The number of carbonyl (C=O) groups is 1. The van der Waals surface area contributed by atoms with Crippen LogP contribution in [0.1, 0.15) is 76.1 Å². The predicted octanol–water partition coefficient (Wildman–Crippen LogP) is 9.98. The van der Waals surface area contributed by atoms with E-state index in [0.717, 1.165) is 26.0 Å². The zero-order valence-electron chi connectivity index (χ0n) is 40.3. The van der Waals surface area contributed by atoms with Crippen molar-refractivity contribution in [2.24, 2.45) is 5.92 Å². The van der Waals surface area contributed by atoms with Gasteiger partial charge in [0.05, 0.1) is 43.6 Å². The minimum absolute atomic E-state index is 0.00473. The molecule has 0 N–H and O–H groups in total. The first-order valence-corrected chi connectivity index (χ1v) is 23.3. The summed E-state index contributed by atoms with van der Waals surface area (Å²) in [5.74, 6) is -0.876. The number of methoxy groups -OCH3 is 2. The number of aromatic nitrogens is 3. The smallest absolute Gasteiger partial charge is 0.417 e. The van der Waals surface area contributed by atoms with Crippen molar-refractivity contribution in [2.45, 2.75) is 116 Å². The fourth-order valence-electron chi connectivity index (χ4n) is 10.6. The fraction of sp³-hybridized carbons (Fsp3) is 0.490. The second-order valence-corrected chi connectivity index (χ2v) is 19.7.